The largest absolute Gasteiger partial charge is 0.378 e. The van der Waals surface area contributed by atoms with E-state index in [-0.39, 0.29) is 18.0 Å². The van der Waals surface area contributed by atoms with Crippen LogP contribution in [0.4, 0.5) is 17.1 Å². The minimum absolute atomic E-state index is 0.0875. The van der Waals surface area contributed by atoms with Gasteiger partial charge in [0, 0.05) is 43.1 Å². The normalized spacial score (nSPS) is 20.3. The molecule has 33 heavy (non-hydrogen) atoms. The zero-order valence-corrected chi connectivity index (χ0v) is 19.3. The molecule has 2 atom stereocenters. The molecule has 0 radical (unpaired) electrons. The van der Waals surface area contributed by atoms with E-state index in [2.05, 4.69) is 71.7 Å². The monoisotopic (exact) mass is 441 g/mol. The number of hydrogen-bond donors (Lipinski definition) is 1. The molecule has 0 spiro atoms. The van der Waals surface area contributed by atoms with Gasteiger partial charge in [0.2, 0.25) is 5.91 Å². The number of amides is 1. The third kappa shape index (κ3) is 4.46. The molecule has 2 heterocycles. The van der Waals surface area contributed by atoms with Crippen LogP contribution in [0.25, 0.3) is 11.1 Å². The van der Waals surface area contributed by atoms with Crippen molar-refractivity contribution < 1.29 is 9.53 Å². The minimum Gasteiger partial charge on any atom is -0.378 e. The fraction of sp³-hybridized carbons (Fsp3) is 0.321. The zero-order chi connectivity index (χ0) is 22.8. The zero-order valence-electron chi connectivity index (χ0n) is 19.3. The van der Waals surface area contributed by atoms with Crippen LogP contribution < -0.4 is 15.1 Å². The molecule has 3 aromatic carbocycles. The average molecular weight is 442 g/mol. The molecule has 5 heteroatoms. The molecule has 0 saturated carbocycles. The second-order valence-electron chi connectivity index (χ2n) is 8.96. The highest BCUT2D eigenvalue weighted by Crippen LogP contribution is 2.41. The highest BCUT2D eigenvalue weighted by molar-refractivity contribution is 5.94. The fourth-order valence-electron chi connectivity index (χ4n) is 5.08. The molecule has 0 bridgehead atoms. The first-order valence-electron chi connectivity index (χ1n) is 11.8. The van der Waals surface area contributed by atoms with Gasteiger partial charge in [-0.1, -0.05) is 36.4 Å². The second-order valence-corrected chi connectivity index (χ2v) is 8.96. The summed E-state index contributed by atoms with van der Waals surface area (Å²) < 4.78 is 5.48. The van der Waals surface area contributed by atoms with E-state index in [0.717, 1.165) is 44.1 Å². The number of benzene rings is 3. The van der Waals surface area contributed by atoms with Gasteiger partial charge in [-0.05, 0) is 66.4 Å². The van der Waals surface area contributed by atoms with Gasteiger partial charge in [-0.3, -0.25) is 4.79 Å². The van der Waals surface area contributed by atoms with Gasteiger partial charge < -0.3 is 19.9 Å². The van der Waals surface area contributed by atoms with Gasteiger partial charge >= 0.3 is 0 Å². The van der Waals surface area contributed by atoms with Gasteiger partial charge in [-0.15, -0.1) is 0 Å². The summed E-state index contributed by atoms with van der Waals surface area (Å²) >= 11 is 0. The Hall–Kier alpha value is -3.31. The molecule has 1 amide bonds. The summed E-state index contributed by atoms with van der Waals surface area (Å²) in [5.74, 6) is 0.0875. The van der Waals surface area contributed by atoms with E-state index < -0.39 is 0 Å². The molecule has 2 aliphatic heterocycles. The minimum atomic E-state index is 0.0875. The number of ether oxygens (including phenoxy) is 1. The van der Waals surface area contributed by atoms with Crippen LogP contribution in [0, 0.1) is 0 Å². The summed E-state index contributed by atoms with van der Waals surface area (Å²) in [4.78, 5) is 16.8. The molecule has 0 unspecified atom stereocenters. The molecule has 170 valence electrons. The Balaban J connectivity index is 1.48. The highest BCUT2D eigenvalue weighted by Gasteiger charge is 2.32. The van der Waals surface area contributed by atoms with Crippen molar-refractivity contribution in [3.8, 4) is 11.1 Å². The first kappa shape index (κ1) is 21.5. The summed E-state index contributed by atoms with van der Waals surface area (Å²) in [5, 5.41) is 3.70. The number of carbonyl (C=O) groups is 1. The summed E-state index contributed by atoms with van der Waals surface area (Å²) in [6, 6.07) is 25.9. The summed E-state index contributed by atoms with van der Waals surface area (Å²) in [6.07, 6.45) is 0.862. The first-order valence-corrected chi connectivity index (χ1v) is 11.8. The number of hydrogen-bond acceptors (Lipinski definition) is 4. The van der Waals surface area contributed by atoms with E-state index >= 15 is 0 Å². The number of morpholine rings is 1. The van der Waals surface area contributed by atoms with Crippen LogP contribution in [0.3, 0.4) is 0 Å². The maximum atomic E-state index is 12.5. The molecule has 1 N–H and O–H groups in total. The Morgan fingerprint density at radius 1 is 0.939 bits per heavy atom. The standard InChI is InChI=1S/C28H31N3O2/c1-20-18-27(29-24-6-4-3-5-7-24)26-19-23(10-13-28(26)31(20)21(2)32)22-8-11-25(12-9-22)30-14-16-33-17-15-30/h3-13,19-20,27,29H,14-18H2,1-2H3/t20-,27+/m1/s1. The van der Waals surface area contributed by atoms with Gasteiger partial charge in [-0.2, -0.15) is 0 Å². The molecule has 2 aliphatic rings. The lowest BCUT2D eigenvalue weighted by Crippen LogP contribution is -2.43. The summed E-state index contributed by atoms with van der Waals surface area (Å²) in [6.45, 7) is 7.22. The van der Waals surface area contributed by atoms with Crippen LogP contribution >= 0.6 is 0 Å². The number of rotatable bonds is 4. The average Bonchev–Trinajstić information content (AvgIpc) is 2.85. The van der Waals surface area contributed by atoms with Crippen molar-refractivity contribution >= 4 is 23.0 Å². The smallest absolute Gasteiger partial charge is 0.224 e. The molecule has 0 aliphatic carbocycles. The van der Waals surface area contributed by atoms with E-state index in [1.807, 2.05) is 23.1 Å². The van der Waals surface area contributed by atoms with E-state index in [4.69, 9.17) is 4.74 Å². The van der Waals surface area contributed by atoms with E-state index in [1.165, 1.54) is 22.4 Å². The van der Waals surface area contributed by atoms with Crippen molar-refractivity contribution in [2.75, 3.05) is 41.4 Å². The topological polar surface area (TPSA) is 44.8 Å². The number of para-hydroxylation sites is 1. The van der Waals surface area contributed by atoms with Gasteiger partial charge in [0.1, 0.15) is 0 Å². The van der Waals surface area contributed by atoms with Gasteiger partial charge in [0.05, 0.1) is 19.3 Å². The number of fused-ring (bicyclic) bond motifs is 1. The maximum absolute atomic E-state index is 12.5. The second kappa shape index (κ2) is 9.28. The van der Waals surface area contributed by atoms with E-state index in [0.29, 0.717) is 0 Å². The van der Waals surface area contributed by atoms with Crippen molar-refractivity contribution in [1.29, 1.82) is 0 Å². The van der Waals surface area contributed by atoms with Crippen LogP contribution in [-0.2, 0) is 9.53 Å². The van der Waals surface area contributed by atoms with E-state index in [9.17, 15) is 4.79 Å². The lowest BCUT2D eigenvalue weighted by molar-refractivity contribution is -0.117. The molecule has 3 aromatic rings. The Morgan fingerprint density at radius 3 is 2.33 bits per heavy atom. The third-order valence-corrected chi connectivity index (χ3v) is 6.71. The number of nitrogens with one attached hydrogen (secondary N) is 1. The first-order chi connectivity index (χ1) is 16.1. The number of anilines is 3. The van der Waals surface area contributed by atoms with Crippen LogP contribution in [0.15, 0.2) is 72.8 Å². The van der Waals surface area contributed by atoms with Gasteiger partial charge in [-0.25, -0.2) is 0 Å². The van der Waals surface area contributed by atoms with Crippen molar-refractivity contribution in [2.45, 2.75) is 32.4 Å². The molecular weight excluding hydrogens is 410 g/mol. The molecular formula is C28H31N3O2. The lowest BCUT2D eigenvalue weighted by atomic mass is 9.89. The summed E-state index contributed by atoms with van der Waals surface area (Å²) in [5.41, 5.74) is 6.85. The SMILES string of the molecule is CC(=O)N1c2ccc(-c3ccc(N4CCOCC4)cc3)cc2[C@@H](Nc2ccccc2)C[C@H]1C. The number of nitrogens with zero attached hydrogens (tertiary/aromatic N) is 2. The van der Waals surface area contributed by atoms with E-state index in [1.54, 1.807) is 6.92 Å². The fourth-order valence-corrected chi connectivity index (χ4v) is 5.08. The van der Waals surface area contributed by atoms with Crippen LogP contribution in [0.1, 0.15) is 31.9 Å². The Morgan fingerprint density at radius 2 is 1.64 bits per heavy atom. The Kier molecular flexibility index (Phi) is 6.05. The quantitative estimate of drug-likeness (QED) is 0.582. The molecule has 5 nitrogen and oxygen atoms in total. The third-order valence-electron chi connectivity index (χ3n) is 6.71. The van der Waals surface area contributed by atoms with Crippen molar-refractivity contribution in [2.24, 2.45) is 0 Å². The van der Waals surface area contributed by atoms with Gasteiger partial charge in [0.15, 0.2) is 0 Å². The molecule has 1 fully saturated rings. The predicted octanol–water partition coefficient (Wildman–Crippen LogP) is 5.49. The lowest BCUT2D eigenvalue weighted by Gasteiger charge is -2.39. The molecule has 1 saturated heterocycles. The van der Waals surface area contributed by atoms with Gasteiger partial charge in [0.25, 0.3) is 0 Å². The molecule has 5 rings (SSSR count). The van der Waals surface area contributed by atoms with Crippen LogP contribution in [0.5, 0.6) is 0 Å². The van der Waals surface area contributed by atoms with Crippen molar-refractivity contribution in [1.82, 2.24) is 0 Å². The highest BCUT2D eigenvalue weighted by atomic mass is 16.5. The summed E-state index contributed by atoms with van der Waals surface area (Å²) in [7, 11) is 0. The maximum Gasteiger partial charge on any atom is 0.224 e. The Bertz CT molecular complexity index is 1110. The Labute approximate surface area is 196 Å². The van der Waals surface area contributed by atoms with Crippen LogP contribution in [-0.4, -0.2) is 38.3 Å². The van der Waals surface area contributed by atoms with Crippen molar-refractivity contribution in [3.05, 3.63) is 78.4 Å². The van der Waals surface area contributed by atoms with Crippen molar-refractivity contribution in [3.63, 3.8) is 0 Å². The number of carbonyl (C=O) groups excluding carboxylic acids is 1. The van der Waals surface area contributed by atoms with Crippen LogP contribution in [0.2, 0.25) is 0 Å². The predicted molar refractivity (Wildman–Crippen MR) is 135 cm³/mol. The molecule has 0 aromatic heterocycles.